The van der Waals surface area contributed by atoms with Crippen LogP contribution in [0.5, 0.6) is 0 Å². The second kappa shape index (κ2) is 5.37. The predicted octanol–water partition coefficient (Wildman–Crippen LogP) is 3.32. The van der Waals surface area contributed by atoms with Crippen molar-refractivity contribution in [1.82, 2.24) is 0 Å². The molecule has 0 saturated heterocycles. The zero-order valence-electron chi connectivity index (χ0n) is 8.73. The average molecular weight is 192 g/mol. The molecular weight excluding hydrogens is 176 g/mol. The van der Waals surface area contributed by atoms with E-state index in [1.54, 1.807) is 12.1 Å². The molecule has 14 heavy (non-hydrogen) atoms. The van der Waals surface area contributed by atoms with Crippen LogP contribution < -0.4 is 4.90 Å². The minimum atomic E-state index is 0.487. The minimum absolute atomic E-state index is 0.487. The lowest BCUT2D eigenvalue weighted by molar-refractivity contribution is 0.792. The van der Waals surface area contributed by atoms with Gasteiger partial charge in [-0.3, -0.25) is 0 Å². The number of hydrogen-bond acceptors (Lipinski definition) is 3. The fourth-order valence-corrected chi connectivity index (χ4v) is 1.46. The first-order valence-corrected chi connectivity index (χ1v) is 5.00. The molecule has 0 unspecified atom stereocenters. The standard InChI is InChI=1S/C11H16N2O/c1-3-9-13(4-2)11-7-5-10(12-14)6-8-11/h5-8H,3-4,9H2,1-2H3. The zero-order chi connectivity index (χ0) is 10.4. The quantitative estimate of drug-likeness (QED) is 0.670. The van der Waals surface area contributed by atoms with E-state index >= 15 is 0 Å². The van der Waals surface area contributed by atoms with Crippen LogP contribution >= 0.6 is 0 Å². The molecule has 0 aliphatic carbocycles. The Balaban J connectivity index is 2.77. The van der Waals surface area contributed by atoms with Gasteiger partial charge in [-0.1, -0.05) is 6.92 Å². The van der Waals surface area contributed by atoms with Crippen molar-refractivity contribution in [3.63, 3.8) is 0 Å². The smallest absolute Gasteiger partial charge is 0.108 e. The molecule has 3 nitrogen and oxygen atoms in total. The van der Waals surface area contributed by atoms with Crippen LogP contribution in [-0.2, 0) is 0 Å². The third kappa shape index (κ3) is 2.55. The summed E-state index contributed by atoms with van der Waals surface area (Å²) >= 11 is 0. The lowest BCUT2D eigenvalue weighted by Gasteiger charge is -2.22. The monoisotopic (exact) mass is 192 g/mol. The Morgan fingerprint density at radius 3 is 2.29 bits per heavy atom. The van der Waals surface area contributed by atoms with Crippen LogP contribution in [0.1, 0.15) is 20.3 Å². The van der Waals surface area contributed by atoms with Crippen LogP contribution in [0, 0.1) is 4.91 Å². The first kappa shape index (κ1) is 10.7. The molecule has 0 spiro atoms. The molecular formula is C11H16N2O. The number of nitroso groups, excluding NO2 is 1. The fraction of sp³-hybridized carbons (Fsp3) is 0.455. The van der Waals surface area contributed by atoms with Gasteiger partial charge in [0.15, 0.2) is 0 Å². The number of benzene rings is 1. The van der Waals surface area contributed by atoms with Crippen molar-refractivity contribution in [2.75, 3.05) is 18.0 Å². The first-order chi connectivity index (χ1) is 6.81. The molecule has 0 bridgehead atoms. The van der Waals surface area contributed by atoms with Gasteiger partial charge in [0, 0.05) is 18.8 Å². The average Bonchev–Trinajstić information content (AvgIpc) is 2.26. The van der Waals surface area contributed by atoms with E-state index in [0.29, 0.717) is 5.69 Å². The maximum Gasteiger partial charge on any atom is 0.108 e. The summed E-state index contributed by atoms with van der Waals surface area (Å²) in [5, 5.41) is 2.87. The number of anilines is 1. The molecule has 1 rings (SSSR count). The van der Waals surface area contributed by atoms with Crippen molar-refractivity contribution in [1.29, 1.82) is 0 Å². The molecule has 3 heteroatoms. The van der Waals surface area contributed by atoms with Crippen LogP contribution in [0.3, 0.4) is 0 Å². The highest BCUT2D eigenvalue weighted by Gasteiger charge is 2.02. The van der Waals surface area contributed by atoms with Crippen LogP contribution in [0.25, 0.3) is 0 Å². The van der Waals surface area contributed by atoms with E-state index < -0.39 is 0 Å². The normalized spacial score (nSPS) is 9.86. The van der Waals surface area contributed by atoms with Gasteiger partial charge < -0.3 is 4.90 Å². The maximum atomic E-state index is 10.2. The summed E-state index contributed by atoms with van der Waals surface area (Å²) < 4.78 is 0. The van der Waals surface area contributed by atoms with E-state index in [0.717, 1.165) is 25.2 Å². The molecule has 0 aromatic heterocycles. The van der Waals surface area contributed by atoms with Gasteiger partial charge in [-0.05, 0) is 42.8 Å². The molecule has 0 aliphatic rings. The summed E-state index contributed by atoms with van der Waals surface area (Å²) in [5.41, 5.74) is 1.64. The lowest BCUT2D eigenvalue weighted by Crippen LogP contribution is -2.23. The molecule has 1 aromatic carbocycles. The number of rotatable bonds is 5. The minimum Gasteiger partial charge on any atom is -0.372 e. The van der Waals surface area contributed by atoms with Crippen molar-refractivity contribution in [3.8, 4) is 0 Å². The van der Waals surface area contributed by atoms with Crippen molar-refractivity contribution in [3.05, 3.63) is 29.2 Å². The Kier molecular flexibility index (Phi) is 4.11. The Morgan fingerprint density at radius 1 is 1.21 bits per heavy atom. The van der Waals surface area contributed by atoms with E-state index in [1.807, 2.05) is 12.1 Å². The molecule has 1 aromatic rings. The molecule has 0 heterocycles. The van der Waals surface area contributed by atoms with Crippen LogP contribution in [0.15, 0.2) is 29.4 Å². The number of nitrogens with zero attached hydrogens (tertiary/aromatic N) is 2. The molecule has 0 aliphatic heterocycles. The summed E-state index contributed by atoms with van der Waals surface area (Å²) in [7, 11) is 0. The molecule has 0 saturated carbocycles. The van der Waals surface area contributed by atoms with Crippen LogP contribution in [0.2, 0.25) is 0 Å². The van der Waals surface area contributed by atoms with Gasteiger partial charge in [0.2, 0.25) is 0 Å². The van der Waals surface area contributed by atoms with Gasteiger partial charge in [-0.15, -0.1) is 4.91 Å². The van der Waals surface area contributed by atoms with Gasteiger partial charge in [-0.25, -0.2) is 0 Å². The van der Waals surface area contributed by atoms with Gasteiger partial charge >= 0.3 is 0 Å². The molecule has 0 atom stereocenters. The van der Waals surface area contributed by atoms with E-state index in [1.165, 1.54) is 0 Å². The lowest BCUT2D eigenvalue weighted by atomic mass is 10.2. The van der Waals surface area contributed by atoms with Gasteiger partial charge in [0.25, 0.3) is 0 Å². The zero-order valence-corrected chi connectivity index (χ0v) is 8.73. The Hall–Kier alpha value is -1.38. The van der Waals surface area contributed by atoms with Crippen LogP contribution in [0.4, 0.5) is 11.4 Å². The fourth-order valence-electron chi connectivity index (χ4n) is 1.46. The predicted molar refractivity (Wildman–Crippen MR) is 60.1 cm³/mol. The topological polar surface area (TPSA) is 32.7 Å². The summed E-state index contributed by atoms with van der Waals surface area (Å²) in [4.78, 5) is 12.5. The van der Waals surface area contributed by atoms with Crippen LogP contribution in [-0.4, -0.2) is 13.1 Å². The van der Waals surface area contributed by atoms with Gasteiger partial charge in [0.1, 0.15) is 5.69 Å². The highest BCUT2D eigenvalue weighted by Crippen LogP contribution is 2.19. The summed E-state index contributed by atoms with van der Waals surface area (Å²) in [6.45, 7) is 6.32. The largest absolute Gasteiger partial charge is 0.372 e. The van der Waals surface area contributed by atoms with E-state index in [2.05, 4.69) is 23.9 Å². The summed E-state index contributed by atoms with van der Waals surface area (Å²) in [5.74, 6) is 0. The van der Waals surface area contributed by atoms with Gasteiger partial charge in [-0.2, -0.15) is 0 Å². The van der Waals surface area contributed by atoms with E-state index in [4.69, 9.17) is 0 Å². The van der Waals surface area contributed by atoms with E-state index in [9.17, 15) is 4.91 Å². The van der Waals surface area contributed by atoms with Crippen molar-refractivity contribution in [2.45, 2.75) is 20.3 Å². The highest BCUT2D eigenvalue weighted by atomic mass is 16.3. The van der Waals surface area contributed by atoms with Crippen molar-refractivity contribution in [2.24, 2.45) is 5.18 Å². The van der Waals surface area contributed by atoms with Crippen molar-refractivity contribution >= 4 is 11.4 Å². The summed E-state index contributed by atoms with van der Waals surface area (Å²) in [6.07, 6.45) is 1.13. The second-order valence-electron chi connectivity index (χ2n) is 3.19. The third-order valence-corrected chi connectivity index (χ3v) is 2.20. The maximum absolute atomic E-state index is 10.2. The Bertz CT molecular complexity index is 282. The van der Waals surface area contributed by atoms with E-state index in [-0.39, 0.29) is 0 Å². The first-order valence-electron chi connectivity index (χ1n) is 5.00. The molecule has 0 radical (unpaired) electrons. The Labute approximate surface area is 84.7 Å². The molecule has 0 N–H and O–H groups in total. The molecule has 76 valence electrons. The van der Waals surface area contributed by atoms with Crippen molar-refractivity contribution < 1.29 is 0 Å². The molecule has 0 fully saturated rings. The second-order valence-corrected chi connectivity index (χ2v) is 3.19. The SMILES string of the molecule is CCCN(CC)c1ccc(N=O)cc1. The molecule has 0 amide bonds. The summed E-state index contributed by atoms with van der Waals surface area (Å²) in [6, 6.07) is 7.38. The Morgan fingerprint density at radius 2 is 1.86 bits per heavy atom. The van der Waals surface area contributed by atoms with Gasteiger partial charge in [0.05, 0.1) is 0 Å². The highest BCUT2D eigenvalue weighted by molar-refractivity contribution is 5.52. The third-order valence-electron chi connectivity index (χ3n) is 2.20. The number of hydrogen-bond donors (Lipinski definition) is 0.